The number of nitrogen functional groups attached to an aromatic ring is 1. The number of hydrogen-bond donors (Lipinski definition) is 3. The maximum Gasteiger partial charge on any atom is 0.340 e. The molecule has 0 radical (unpaired) electrons. The zero-order valence-electron chi connectivity index (χ0n) is 13.0. The molecule has 26 heavy (non-hydrogen) atoms. The van der Waals surface area contributed by atoms with Crippen molar-refractivity contribution in [3.63, 3.8) is 0 Å². The smallest absolute Gasteiger partial charge is 0.340 e. The predicted octanol–water partition coefficient (Wildman–Crippen LogP) is 2.33. The van der Waals surface area contributed by atoms with Crippen molar-refractivity contribution in [3.8, 4) is 0 Å². The fourth-order valence-electron chi connectivity index (χ4n) is 1.84. The van der Waals surface area contributed by atoms with Gasteiger partial charge in [0.1, 0.15) is 5.82 Å². The van der Waals surface area contributed by atoms with Crippen LogP contribution in [0.1, 0.15) is 20.7 Å². The number of nitrogens with one attached hydrogen (secondary N) is 2. The zero-order valence-corrected chi connectivity index (χ0v) is 14.5. The van der Waals surface area contributed by atoms with E-state index in [-0.39, 0.29) is 26.9 Å². The Labute approximate surface area is 157 Å². The average molecular weight is 400 g/mol. The lowest BCUT2D eigenvalue weighted by atomic mass is 10.2. The summed E-state index contributed by atoms with van der Waals surface area (Å²) in [5.74, 6) is -3.40. The van der Waals surface area contributed by atoms with Gasteiger partial charge in [0, 0.05) is 5.02 Å². The highest BCUT2D eigenvalue weighted by atomic mass is 35.5. The summed E-state index contributed by atoms with van der Waals surface area (Å²) in [6, 6.07) is 7.80. The van der Waals surface area contributed by atoms with E-state index in [1.165, 1.54) is 30.3 Å². The monoisotopic (exact) mass is 399 g/mol. The highest BCUT2D eigenvalue weighted by Gasteiger charge is 2.17. The van der Waals surface area contributed by atoms with E-state index in [4.69, 9.17) is 33.7 Å². The number of anilines is 1. The first-order valence-electron chi connectivity index (χ1n) is 7.05. The van der Waals surface area contributed by atoms with E-state index < -0.39 is 30.2 Å². The van der Waals surface area contributed by atoms with Gasteiger partial charge in [0.05, 0.1) is 21.8 Å². The summed E-state index contributed by atoms with van der Waals surface area (Å²) < 4.78 is 18.2. The number of hydrogen-bond acceptors (Lipinski definition) is 5. The minimum atomic E-state index is -0.928. The molecule has 0 aliphatic rings. The molecule has 0 spiro atoms. The third-order valence-corrected chi connectivity index (χ3v) is 3.61. The molecule has 0 fully saturated rings. The SMILES string of the molecule is Nc1c(Cl)cc(Cl)cc1C(=O)OCC(=O)NNC(=O)c1ccccc1F. The molecular formula is C16H12Cl2FN3O4. The Morgan fingerprint density at radius 2 is 1.77 bits per heavy atom. The van der Waals surface area contributed by atoms with Crippen molar-refractivity contribution in [1.29, 1.82) is 0 Å². The molecule has 2 aromatic rings. The van der Waals surface area contributed by atoms with Crippen molar-refractivity contribution < 1.29 is 23.5 Å². The maximum atomic E-state index is 13.4. The number of hydrazine groups is 1. The van der Waals surface area contributed by atoms with Gasteiger partial charge >= 0.3 is 5.97 Å². The normalized spacial score (nSPS) is 10.1. The average Bonchev–Trinajstić information content (AvgIpc) is 2.61. The standard InChI is InChI=1S/C16H12Cl2FN3O4/c17-8-5-10(14(20)11(18)6-8)16(25)26-7-13(23)21-22-15(24)9-3-1-2-4-12(9)19/h1-6H,7,20H2,(H,21,23)(H,22,24). The highest BCUT2D eigenvalue weighted by Crippen LogP contribution is 2.27. The minimum Gasteiger partial charge on any atom is -0.452 e. The Bertz CT molecular complexity index is 877. The Morgan fingerprint density at radius 3 is 2.46 bits per heavy atom. The number of nitrogens with two attached hydrogens (primary N) is 1. The van der Waals surface area contributed by atoms with Crippen LogP contribution >= 0.6 is 23.2 Å². The summed E-state index contributed by atoms with van der Waals surface area (Å²) in [5.41, 5.74) is 9.22. The molecule has 0 aromatic heterocycles. The maximum absolute atomic E-state index is 13.4. The number of ether oxygens (including phenoxy) is 1. The first-order chi connectivity index (χ1) is 12.3. The van der Waals surface area contributed by atoms with Crippen molar-refractivity contribution >= 4 is 46.7 Å². The number of halogens is 3. The van der Waals surface area contributed by atoms with Gasteiger partial charge in [-0.05, 0) is 24.3 Å². The van der Waals surface area contributed by atoms with Crippen LogP contribution in [0.3, 0.4) is 0 Å². The van der Waals surface area contributed by atoms with Gasteiger partial charge in [-0.15, -0.1) is 0 Å². The molecule has 2 amide bonds. The van der Waals surface area contributed by atoms with Crippen LogP contribution in [0.5, 0.6) is 0 Å². The Hall–Kier alpha value is -2.84. The third kappa shape index (κ3) is 4.84. The van der Waals surface area contributed by atoms with Gasteiger partial charge < -0.3 is 10.5 Å². The van der Waals surface area contributed by atoms with E-state index in [1.807, 2.05) is 10.9 Å². The van der Waals surface area contributed by atoms with Crippen molar-refractivity contribution in [3.05, 3.63) is 63.4 Å². The second-order valence-corrected chi connectivity index (χ2v) is 5.75. The van der Waals surface area contributed by atoms with Crippen LogP contribution in [0, 0.1) is 5.82 Å². The summed E-state index contributed by atoms with van der Waals surface area (Å²) in [4.78, 5) is 35.3. The van der Waals surface area contributed by atoms with E-state index in [0.29, 0.717) is 0 Å². The van der Waals surface area contributed by atoms with Crippen molar-refractivity contribution in [1.82, 2.24) is 10.9 Å². The fourth-order valence-corrected chi connectivity index (χ4v) is 2.33. The number of carbonyl (C=O) groups is 3. The minimum absolute atomic E-state index is 0.0469. The number of benzene rings is 2. The predicted molar refractivity (Wildman–Crippen MR) is 93.2 cm³/mol. The highest BCUT2D eigenvalue weighted by molar-refractivity contribution is 6.37. The van der Waals surface area contributed by atoms with Crippen LogP contribution in [0.15, 0.2) is 36.4 Å². The van der Waals surface area contributed by atoms with E-state index in [9.17, 15) is 18.8 Å². The van der Waals surface area contributed by atoms with E-state index in [1.54, 1.807) is 0 Å². The summed E-state index contributed by atoms with van der Waals surface area (Å²) in [6.45, 7) is -0.722. The van der Waals surface area contributed by atoms with Gasteiger partial charge in [-0.3, -0.25) is 20.4 Å². The molecule has 4 N–H and O–H groups in total. The van der Waals surface area contributed by atoms with Crippen LogP contribution in [0.4, 0.5) is 10.1 Å². The molecule has 0 aliphatic heterocycles. The van der Waals surface area contributed by atoms with Crippen LogP contribution in [0.25, 0.3) is 0 Å². The van der Waals surface area contributed by atoms with Gasteiger partial charge in [0.2, 0.25) is 0 Å². The van der Waals surface area contributed by atoms with Crippen LogP contribution in [-0.2, 0) is 9.53 Å². The van der Waals surface area contributed by atoms with Crippen molar-refractivity contribution in [2.24, 2.45) is 0 Å². The molecule has 0 bridgehead atoms. The van der Waals surface area contributed by atoms with E-state index in [0.717, 1.165) is 6.07 Å². The van der Waals surface area contributed by atoms with Gasteiger partial charge in [-0.2, -0.15) is 0 Å². The van der Waals surface area contributed by atoms with Crippen molar-refractivity contribution in [2.75, 3.05) is 12.3 Å². The fraction of sp³-hybridized carbons (Fsp3) is 0.0625. The molecule has 10 heteroatoms. The molecule has 7 nitrogen and oxygen atoms in total. The Kier molecular flexibility index (Phi) is 6.37. The lowest BCUT2D eigenvalue weighted by Gasteiger charge is -2.10. The summed E-state index contributed by atoms with van der Waals surface area (Å²) in [7, 11) is 0. The van der Waals surface area contributed by atoms with Gasteiger partial charge in [0.25, 0.3) is 11.8 Å². The lowest BCUT2D eigenvalue weighted by Crippen LogP contribution is -2.43. The summed E-state index contributed by atoms with van der Waals surface area (Å²) in [6.07, 6.45) is 0. The molecular weight excluding hydrogens is 388 g/mol. The molecule has 0 unspecified atom stereocenters. The zero-order chi connectivity index (χ0) is 19.3. The van der Waals surface area contributed by atoms with Gasteiger partial charge in [0.15, 0.2) is 6.61 Å². The van der Waals surface area contributed by atoms with Crippen LogP contribution in [-0.4, -0.2) is 24.4 Å². The second kappa shape index (κ2) is 8.50. The number of rotatable bonds is 4. The summed E-state index contributed by atoms with van der Waals surface area (Å²) in [5, 5.41) is 0.226. The van der Waals surface area contributed by atoms with Crippen LogP contribution in [0.2, 0.25) is 10.0 Å². The lowest BCUT2D eigenvalue weighted by molar-refractivity contribution is -0.125. The van der Waals surface area contributed by atoms with Crippen LogP contribution < -0.4 is 16.6 Å². The quantitative estimate of drug-likeness (QED) is 0.415. The molecule has 2 aromatic carbocycles. The number of amides is 2. The molecule has 136 valence electrons. The molecule has 0 aliphatic carbocycles. The van der Waals surface area contributed by atoms with E-state index in [2.05, 4.69) is 0 Å². The molecule has 2 rings (SSSR count). The summed E-state index contributed by atoms with van der Waals surface area (Å²) >= 11 is 11.6. The van der Waals surface area contributed by atoms with E-state index >= 15 is 0 Å². The van der Waals surface area contributed by atoms with Crippen molar-refractivity contribution in [2.45, 2.75) is 0 Å². The molecule has 0 saturated heterocycles. The number of carbonyl (C=O) groups excluding carboxylic acids is 3. The number of esters is 1. The van der Waals surface area contributed by atoms with Gasteiger partial charge in [-0.25, -0.2) is 9.18 Å². The largest absolute Gasteiger partial charge is 0.452 e. The van der Waals surface area contributed by atoms with Gasteiger partial charge in [-0.1, -0.05) is 35.3 Å². The molecule has 0 atom stereocenters. The Morgan fingerprint density at radius 1 is 1.08 bits per heavy atom. The molecule has 0 heterocycles. The second-order valence-electron chi connectivity index (χ2n) is 4.91. The first-order valence-corrected chi connectivity index (χ1v) is 7.80. The molecule has 0 saturated carbocycles. The third-order valence-electron chi connectivity index (χ3n) is 3.08. The first kappa shape index (κ1) is 19.5. The Balaban J connectivity index is 1.88. The topological polar surface area (TPSA) is 111 Å².